The maximum absolute atomic E-state index is 12.5. The fourth-order valence-corrected chi connectivity index (χ4v) is 4.56. The highest BCUT2D eigenvalue weighted by Gasteiger charge is 2.39. The first-order valence-electron chi connectivity index (χ1n) is 11.1. The summed E-state index contributed by atoms with van der Waals surface area (Å²) in [6.45, 7) is 0. The van der Waals surface area contributed by atoms with Gasteiger partial charge in [0.1, 0.15) is 11.1 Å². The van der Waals surface area contributed by atoms with E-state index < -0.39 is 43.9 Å². The SMILES string of the molecule is O=C1c2cccc([N+](=O)[O-])c2C(=O)c2c1cccc2[N+](=O)[O-].O=C1c2ccccc2C(=O)c2ccccc21. The summed E-state index contributed by atoms with van der Waals surface area (Å²) in [4.78, 5) is 69.7. The molecule has 10 nitrogen and oxygen atoms in total. The Kier molecular flexibility index (Phi) is 5.76. The Balaban J connectivity index is 0.000000162. The van der Waals surface area contributed by atoms with Gasteiger partial charge >= 0.3 is 0 Å². The van der Waals surface area contributed by atoms with Crippen LogP contribution in [0.2, 0.25) is 0 Å². The van der Waals surface area contributed by atoms with Crippen LogP contribution in [0.4, 0.5) is 11.4 Å². The number of rotatable bonds is 2. The Morgan fingerprint density at radius 3 is 1.00 bits per heavy atom. The van der Waals surface area contributed by atoms with Crippen molar-refractivity contribution in [3.8, 4) is 0 Å². The number of ketones is 4. The molecule has 38 heavy (non-hydrogen) atoms. The number of nitro benzene ring substituents is 2. The molecule has 2 aliphatic rings. The third kappa shape index (κ3) is 3.68. The minimum atomic E-state index is -0.885. The summed E-state index contributed by atoms with van der Waals surface area (Å²) < 4.78 is 0. The summed E-state index contributed by atoms with van der Waals surface area (Å²) in [7, 11) is 0. The van der Waals surface area contributed by atoms with Crippen LogP contribution < -0.4 is 0 Å². The van der Waals surface area contributed by atoms with E-state index in [1.54, 1.807) is 48.5 Å². The third-order valence-corrected chi connectivity index (χ3v) is 6.25. The average molecular weight is 506 g/mol. The summed E-state index contributed by atoms with van der Waals surface area (Å²) in [5, 5.41) is 22.1. The number of hydrogen-bond donors (Lipinski definition) is 0. The van der Waals surface area contributed by atoms with E-state index in [2.05, 4.69) is 0 Å². The number of hydrogen-bond acceptors (Lipinski definition) is 8. The van der Waals surface area contributed by atoms with Crippen molar-refractivity contribution in [1.29, 1.82) is 0 Å². The van der Waals surface area contributed by atoms with Crippen molar-refractivity contribution in [1.82, 2.24) is 0 Å². The second-order valence-electron chi connectivity index (χ2n) is 8.32. The molecule has 4 aromatic carbocycles. The second-order valence-corrected chi connectivity index (χ2v) is 8.32. The van der Waals surface area contributed by atoms with E-state index in [4.69, 9.17) is 0 Å². The number of carbonyl (C=O) groups is 4. The summed E-state index contributed by atoms with van der Waals surface area (Å²) >= 11 is 0. The van der Waals surface area contributed by atoms with E-state index in [0.29, 0.717) is 22.3 Å². The minimum Gasteiger partial charge on any atom is -0.289 e. The van der Waals surface area contributed by atoms with Crippen molar-refractivity contribution in [3.05, 3.63) is 150 Å². The zero-order chi connectivity index (χ0) is 27.1. The Morgan fingerprint density at radius 1 is 0.395 bits per heavy atom. The molecule has 4 aromatic rings. The molecule has 184 valence electrons. The summed E-state index contributed by atoms with van der Waals surface area (Å²) in [6.07, 6.45) is 0. The van der Waals surface area contributed by atoms with Gasteiger partial charge < -0.3 is 0 Å². The van der Waals surface area contributed by atoms with Crippen molar-refractivity contribution >= 4 is 34.5 Å². The zero-order valence-corrected chi connectivity index (χ0v) is 19.2. The lowest BCUT2D eigenvalue weighted by Gasteiger charge is -2.16. The van der Waals surface area contributed by atoms with E-state index >= 15 is 0 Å². The van der Waals surface area contributed by atoms with E-state index in [-0.39, 0.29) is 22.7 Å². The highest BCUT2D eigenvalue weighted by atomic mass is 16.6. The lowest BCUT2D eigenvalue weighted by atomic mass is 9.82. The van der Waals surface area contributed by atoms with E-state index in [0.717, 1.165) is 12.1 Å². The molecule has 0 bridgehead atoms. The van der Waals surface area contributed by atoms with Crippen LogP contribution in [0.3, 0.4) is 0 Å². The molecule has 0 amide bonds. The molecule has 0 radical (unpaired) electrons. The standard InChI is InChI=1S/C14H6N2O6.C14H8O2/c17-13-7-3-1-5-9(15(19)20)11(7)14(18)12-8(13)4-2-6-10(12)16(21)22;15-13-9-5-1-2-6-10(9)14(16)12-8-4-3-7-11(12)13/h1-6H;1-8H. The molecular weight excluding hydrogens is 492 g/mol. The van der Waals surface area contributed by atoms with Crippen LogP contribution in [0.5, 0.6) is 0 Å². The normalized spacial score (nSPS) is 12.8. The van der Waals surface area contributed by atoms with Crippen molar-refractivity contribution in [3.63, 3.8) is 0 Å². The predicted octanol–water partition coefficient (Wildman–Crippen LogP) is 4.74. The highest BCUT2D eigenvalue weighted by Crippen LogP contribution is 2.36. The molecule has 0 spiro atoms. The summed E-state index contributed by atoms with van der Waals surface area (Å²) in [6, 6.07) is 21.3. The fourth-order valence-electron chi connectivity index (χ4n) is 4.56. The van der Waals surface area contributed by atoms with E-state index in [1.165, 1.54) is 24.3 Å². The number of nitro groups is 2. The molecule has 0 N–H and O–H groups in total. The van der Waals surface area contributed by atoms with Gasteiger partial charge in [0.05, 0.1) is 9.85 Å². The molecule has 0 fully saturated rings. The molecule has 0 heterocycles. The molecule has 0 unspecified atom stereocenters. The van der Waals surface area contributed by atoms with Crippen LogP contribution in [0, 0.1) is 20.2 Å². The smallest absolute Gasteiger partial charge is 0.281 e. The molecule has 2 aliphatic carbocycles. The molecule has 0 aromatic heterocycles. The number of nitrogens with zero attached hydrogens (tertiary/aromatic N) is 2. The van der Waals surface area contributed by atoms with E-state index in [9.17, 15) is 39.4 Å². The minimum absolute atomic E-state index is 0.0641. The van der Waals surface area contributed by atoms with Gasteiger partial charge in [-0.25, -0.2) is 0 Å². The molecule has 0 aliphatic heterocycles. The van der Waals surface area contributed by atoms with Crippen molar-refractivity contribution in [2.45, 2.75) is 0 Å². The lowest BCUT2D eigenvalue weighted by molar-refractivity contribution is -0.385. The Hall–Kier alpha value is -5.64. The number of carbonyl (C=O) groups excluding carboxylic acids is 4. The average Bonchev–Trinajstić information content (AvgIpc) is 2.94. The number of fused-ring (bicyclic) bond motifs is 4. The van der Waals surface area contributed by atoms with Crippen LogP contribution in [-0.2, 0) is 0 Å². The zero-order valence-electron chi connectivity index (χ0n) is 19.2. The first kappa shape index (κ1) is 24.1. The largest absolute Gasteiger partial charge is 0.289 e. The Bertz CT molecular complexity index is 1580. The third-order valence-electron chi connectivity index (χ3n) is 6.25. The van der Waals surface area contributed by atoms with Gasteiger partial charge in [0.15, 0.2) is 17.3 Å². The molecular formula is C28H14N2O8. The van der Waals surface area contributed by atoms with Crippen LogP contribution in [-0.4, -0.2) is 33.0 Å². The molecule has 10 heteroatoms. The number of benzene rings is 4. The Labute approximate surface area is 213 Å². The van der Waals surface area contributed by atoms with Gasteiger partial charge in [0.25, 0.3) is 11.4 Å². The highest BCUT2D eigenvalue weighted by molar-refractivity contribution is 6.31. The van der Waals surface area contributed by atoms with E-state index in [1.807, 2.05) is 0 Å². The fraction of sp³-hybridized carbons (Fsp3) is 0. The van der Waals surface area contributed by atoms with Gasteiger partial charge in [-0.2, -0.15) is 0 Å². The van der Waals surface area contributed by atoms with Gasteiger partial charge in [-0.05, 0) is 12.1 Å². The summed E-state index contributed by atoms with van der Waals surface area (Å²) in [5.41, 5.74) is -0.105. The van der Waals surface area contributed by atoms with Crippen LogP contribution in [0.1, 0.15) is 63.7 Å². The molecule has 0 saturated carbocycles. The van der Waals surface area contributed by atoms with Gasteiger partial charge in [-0.15, -0.1) is 0 Å². The molecule has 6 rings (SSSR count). The molecule has 0 saturated heterocycles. The first-order valence-corrected chi connectivity index (χ1v) is 11.1. The van der Waals surface area contributed by atoms with Gasteiger partial charge in [-0.1, -0.05) is 60.7 Å². The quantitative estimate of drug-likeness (QED) is 0.241. The van der Waals surface area contributed by atoms with Gasteiger partial charge in [0, 0.05) is 45.5 Å². The summed E-state index contributed by atoms with van der Waals surface area (Å²) in [5.74, 6) is -1.65. The van der Waals surface area contributed by atoms with Crippen LogP contribution in [0.15, 0.2) is 84.9 Å². The van der Waals surface area contributed by atoms with Crippen LogP contribution in [0.25, 0.3) is 0 Å². The van der Waals surface area contributed by atoms with Crippen molar-refractivity contribution in [2.75, 3.05) is 0 Å². The first-order chi connectivity index (χ1) is 18.2. The van der Waals surface area contributed by atoms with Crippen molar-refractivity contribution < 1.29 is 29.0 Å². The molecule has 0 atom stereocenters. The maximum Gasteiger partial charge on any atom is 0.281 e. The maximum atomic E-state index is 12.5. The monoisotopic (exact) mass is 506 g/mol. The lowest BCUT2D eigenvalue weighted by Crippen LogP contribution is -2.23. The Morgan fingerprint density at radius 2 is 0.684 bits per heavy atom. The predicted molar refractivity (Wildman–Crippen MR) is 133 cm³/mol. The second kappa shape index (κ2) is 9.10. The van der Waals surface area contributed by atoms with Crippen LogP contribution >= 0.6 is 0 Å². The topological polar surface area (TPSA) is 155 Å². The van der Waals surface area contributed by atoms with Gasteiger partial charge in [-0.3, -0.25) is 39.4 Å². The van der Waals surface area contributed by atoms with Crippen molar-refractivity contribution in [2.24, 2.45) is 0 Å². The van der Waals surface area contributed by atoms with Gasteiger partial charge in [0.2, 0.25) is 5.78 Å².